The third-order valence-corrected chi connectivity index (χ3v) is 5.65. The molecule has 2 fully saturated rings. The van der Waals surface area contributed by atoms with E-state index in [-0.39, 0.29) is 30.4 Å². The minimum absolute atomic E-state index is 0.0252. The highest BCUT2D eigenvalue weighted by Crippen LogP contribution is 2.47. The summed E-state index contributed by atoms with van der Waals surface area (Å²) in [6, 6.07) is 3.85. The van der Waals surface area contributed by atoms with Crippen molar-refractivity contribution in [1.82, 2.24) is 9.80 Å². The highest BCUT2D eigenvalue weighted by atomic mass is 32.2. The van der Waals surface area contributed by atoms with Gasteiger partial charge in [0.15, 0.2) is 11.5 Å². The number of nitrogens with zero attached hydrogens (tertiary/aromatic N) is 2. The van der Waals surface area contributed by atoms with Gasteiger partial charge in [-0.1, -0.05) is 0 Å². The molecule has 2 saturated heterocycles. The first-order chi connectivity index (χ1) is 13.6. The summed E-state index contributed by atoms with van der Waals surface area (Å²) in [5, 5.41) is 21.4. The predicted octanol–water partition coefficient (Wildman–Crippen LogP) is 0.111. The molecule has 3 aliphatic rings. The smallest absolute Gasteiger partial charge is 0.356 e. The molecular formula is C17H17N3O8S. The van der Waals surface area contributed by atoms with Crippen LogP contribution in [0.2, 0.25) is 0 Å². The molecule has 0 spiro atoms. The number of phenols is 1. The number of nitrogens with one attached hydrogen (secondary N) is 1. The van der Waals surface area contributed by atoms with Crippen LogP contribution in [-0.4, -0.2) is 71.2 Å². The third kappa shape index (κ3) is 3.14. The average molecular weight is 423 g/mol. The van der Waals surface area contributed by atoms with Gasteiger partial charge in [-0.05, 0) is 24.3 Å². The summed E-state index contributed by atoms with van der Waals surface area (Å²) in [7, 11) is -3.99. The van der Waals surface area contributed by atoms with Gasteiger partial charge in [-0.25, -0.2) is 9.59 Å². The molecule has 1 aromatic rings. The van der Waals surface area contributed by atoms with Crippen LogP contribution in [0.1, 0.15) is 6.42 Å². The molecule has 3 aliphatic heterocycles. The lowest BCUT2D eigenvalue weighted by atomic mass is 9.82. The summed E-state index contributed by atoms with van der Waals surface area (Å²) >= 11 is 0. The van der Waals surface area contributed by atoms with Crippen LogP contribution in [-0.2, 0) is 23.9 Å². The molecule has 3 N–H and O–H groups in total. The number of rotatable bonds is 4. The number of aromatic hydroxyl groups is 1. The predicted molar refractivity (Wildman–Crippen MR) is 97.0 cm³/mol. The molecule has 0 bridgehead atoms. The third-order valence-electron chi connectivity index (χ3n) is 5.15. The fourth-order valence-corrected chi connectivity index (χ4v) is 4.61. The van der Waals surface area contributed by atoms with Crippen molar-refractivity contribution in [2.24, 2.45) is 5.92 Å². The van der Waals surface area contributed by atoms with Gasteiger partial charge in [0.05, 0.1) is 12.3 Å². The Balaban J connectivity index is 1.59. The average Bonchev–Trinajstić information content (AvgIpc) is 2.97. The van der Waals surface area contributed by atoms with Gasteiger partial charge in [0, 0.05) is 24.6 Å². The molecular weight excluding hydrogens is 406 g/mol. The van der Waals surface area contributed by atoms with E-state index >= 15 is 0 Å². The van der Waals surface area contributed by atoms with E-state index in [0.29, 0.717) is 5.69 Å². The number of urea groups is 1. The maximum absolute atomic E-state index is 12.7. The Labute approximate surface area is 165 Å². The van der Waals surface area contributed by atoms with Crippen LogP contribution >= 0.6 is 0 Å². The fraction of sp³-hybridized carbons (Fsp3) is 0.353. The molecule has 154 valence electrons. The topological polar surface area (TPSA) is 154 Å². The summed E-state index contributed by atoms with van der Waals surface area (Å²) in [5.41, 5.74) is -0.0875. The molecule has 3 amide bonds. The van der Waals surface area contributed by atoms with Crippen LogP contribution in [0.15, 0.2) is 35.7 Å². The Hall–Kier alpha value is -3.28. The number of hydrogen-bond acceptors (Lipinski definition) is 7. The van der Waals surface area contributed by atoms with E-state index in [1.807, 2.05) is 0 Å². The first-order valence-corrected chi connectivity index (χ1v) is 10.4. The van der Waals surface area contributed by atoms with Crippen molar-refractivity contribution in [2.45, 2.75) is 18.5 Å². The maximum atomic E-state index is 12.7. The van der Waals surface area contributed by atoms with Gasteiger partial charge >= 0.3 is 22.1 Å². The van der Waals surface area contributed by atoms with Crippen LogP contribution in [0.25, 0.3) is 0 Å². The van der Waals surface area contributed by atoms with Crippen molar-refractivity contribution in [3.05, 3.63) is 35.7 Å². The number of β-lactam (4-membered cyclic amide) rings is 1. The lowest BCUT2D eigenvalue weighted by Gasteiger charge is -2.49. The number of amides is 3. The number of carboxylic acids is 1. The molecule has 1 aromatic carbocycles. The maximum Gasteiger partial charge on any atom is 0.356 e. The van der Waals surface area contributed by atoms with Crippen molar-refractivity contribution in [3.63, 3.8) is 0 Å². The Morgan fingerprint density at radius 1 is 1.24 bits per heavy atom. The zero-order valence-corrected chi connectivity index (χ0v) is 15.9. The van der Waals surface area contributed by atoms with E-state index in [1.165, 1.54) is 29.2 Å². The Bertz CT molecular complexity index is 1050. The van der Waals surface area contributed by atoms with E-state index in [2.05, 4.69) is 5.32 Å². The molecule has 0 radical (unpaired) electrons. The summed E-state index contributed by atoms with van der Waals surface area (Å²) in [4.78, 5) is 39.3. The number of phenolic OH excluding ortho intramolecular Hbond substituents is 1. The van der Waals surface area contributed by atoms with E-state index in [1.54, 1.807) is 0 Å². The van der Waals surface area contributed by atoms with Gasteiger partial charge in [-0.3, -0.25) is 9.69 Å². The van der Waals surface area contributed by atoms with Gasteiger partial charge < -0.3 is 24.6 Å². The van der Waals surface area contributed by atoms with E-state index in [9.17, 15) is 33.0 Å². The van der Waals surface area contributed by atoms with Crippen LogP contribution < -0.4 is 5.32 Å². The fourth-order valence-electron chi connectivity index (χ4n) is 4.10. The molecule has 11 nitrogen and oxygen atoms in total. The van der Waals surface area contributed by atoms with Gasteiger partial charge in [-0.2, -0.15) is 8.42 Å². The second-order valence-electron chi connectivity index (χ2n) is 7.10. The molecule has 3 heterocycles. The molecule has 3 atom stereocenters. The lowest BCUT2D eigenvalue weighted by Crippen LogP contribution is -2.69. The minimum Gasteiger partial charge on any atom is -0.508 e. The zero-order valence-electron chi connectivity index (χ0n) is 15.1. The Kier molecular flexibility index (Phi) is 4.19. The Morgan fingerprint density at radius 2 is 1.90 bits per heavy atom. The molecule has 0 saturated carbocycles. The van der Waals surface area contributed by atoms with Crippen molar-refractivity contribution in [3.8, 4) is 5.75 Å². The van der Waals surface area contributed by atoms with Gasteiger partial charge in [-0.15, -0.1) is 0 Å². The standard InChI is InChI=1S/C17H17N3O8S/c1-29(26,27)28-11-6-8-7-19(17(25)18-9-2-4-10(21)5-3-9)14-12(8)20(15(14)22)13(11)16(23)24/h2-5,8,12,14,21H,6-7H2,1H3,(H,18,25)(H,23,24)/t8-,12-,14+/m1/s1. The minimum atomic E-state index is -3.99. The van der Waals surface area contributed by atoms with Crippen LogP contribution in [0.4, 0.5) is 10.5 Å². The molecule has 0 aliphatic carbocycles. The second-order valence-corrected chi connectivity index (χ2v) is 8.68. The summed E-state index contributed by atoms with van der Waals surface area (Å²) in [6.07, 6.45) is 0.765. The van der Waals surface area contributed by atoms with E-state index in [0.717, 1.165) is 11.2 Å². The largest absolute Gasteiger partial charge is 0.508 e. The molecule has 12 heteroatoms. The zero-order chi connectivity index (χ0) is 21.1. The molecule has 4 rings (SSSR count). The van der Waals surface area contributed by atoms with Crippen molar-refractivity contribution in [1.29, 1.82) is 0 Å². The number of likely N-dealkylation sites (tertiary alicyclic amines) is 1. The van der Waals surface area contributed by atoms with Crippen molar-refractivity contribution < 1.29 is 37.2 Å². The van der Waals surface area contributed by atoms with Crippen LogP contribution in [0.3, 0.4) is 0 Å². The number of aliphatic carboxylic acids is 1. The van der Waals surface area contributed by atoms with Gasteiger partial charge in [0.25, 0.3) is 5.91 Å². The highest BCUT2D eigenvalue weighted by molar-refractivity contribution is 7.86. The highest BCUT2D eigenvalue weighted by Gasteiger charge is 2.64. The molecule has 29 heavy (non-hydrogen) atoms. The monoisotopic (exact) mass is 423 g/mol. The SMILES string of the molecule is CS(=O)(=O)OC1=C(C(=O)O)N2C(=O)[C@@H]3[C@H]2[C@H](C1)CN3C(=O)Nc1ccc(O)cc1. The number of benzene rings is 1. The molecule has 0 aromatic heterocycles. The number of carbonyl (C=O) groups excluding carboxylic acids is 2. The first-order valence-electron chi connectivity index (χ1n) is 8.62. The summed E-state index contributed by atoms with van der Waals surface area (Å²) in [5.74, 6) is -2.71. The van der Waals surface area contributed by atoms with Crippen molar-refractivity contribution >= 4 is 33.7 Å². The number of hydrogen-bond donors (Lipinski definition) is 3. The van der Waals surface area contributed by atoms with Gasteiger partial charge in [0.1, 0.15) is 11.8 Å². The number of anilines is 1. The van der Waals surface area contributed by atoms with Gasteiger partial charge in [0.2, 0.25) is 0 Å². The quantitative estimate of drug-likeness (QED) is 0.350. The first kappa shape index (κ1) is 19.1. The molecule has 0 unspecified atom stereocenters. The van der Waals surface area contributed by atoms with Crippen LogP contribution in [0, 0.1) is 5.92 Å². The Morgan fingerprint density at radius 3 is 2.48 bits per heavy atom. The normalized spacial score (nSPS) is 25.4. The summed E-state index contributed by atoms with van der Waals surface area (Å²) in [6.45, 7) is 0.130. The summed E-state index contributed by atoms with van der Waals surface area (Å²) < 4.78 is 27.9. The van der Waals surface area contributed by atoms with Crippen LogP contribution in [0.5, 0.6) is 5.75 Å². The number of allylic oxidation sites excluding steroid dienone is 1. The van der Waals surface area contributed by atoms with E-state index < -0.39 is 45.8 Å². The van der Waals surface area contributed by atoms with Crippen molar-refractivity contribution in [2.75, 3.05) is 18.1 Å². The van der Waals surface area contributed by atoms with E-state index in [4.69, 9.17) is 4.18 Å². The second kappa shape index (κ2) is 6.37. The number of carbonyl (C=O) groups is 3. The lowest BCUT2D eigenvalue weighted by molar-refractivity contribution is -0.156. The number of carboxylic acid groups (broad SMARTS) is 1.